The molecule has 0 saturated heterocycles. The molecule has 0 atom stereocenters. The molecule has 0 aliphatic rings. The van der Waals surface area contributed by atoms with Gasteiger partial charge in [0.1, 0.15) is 5.75 Å². The Hall–Kier alpha value is -1.55. The molecule has 0 spiro atoms. The third-order valence-corrected chi connectivity index (χ3v) is 3.63. The van der Waals surface area contributed by atoms with Crippen LogP contribution in [0.25, 0.3) is 0 Å². The molecule has 1 rings (SSSR count). The van der Waals surface area contributed by atoms with Gasteiger partial charge in [-0.25, -0.2) is 0 Å². The molecule has 0 fully saturated rings. The van der Waals surface area contributed by atoms with E-state index in [9.17, 15) is 4.79 Å². The number of aliphatic hydroxyl groups excluding tert-OH is 1. The first-order chi connectivity index (χ1) is 9.84. The van der Waals surface area contributed by atoms with Crippen LogP contribution in [-0.2, 0) is 4.79 Å². The van der Waals surface area contributed by atoms with E-state index in [1.54, 1.807) is 0 Å². The minimum atomic E-state index is -0.0840. The van der Waals surface area contributed by atoms with Crippen LogP contribution in [0.2, 0.25) is 0 Å². The molecular weight excluding hydrogens is 266 g/mol. The summed E-state index contributed by atoms with van der Waals surface area (Å²) >= 11 is 0. The zero-order valence-electron chi connectivity index (χ0n) is 13.5. The maximum Gasteiger partial charge on any atom is 0.223 e. The van der Waals surface area contributed by atoms with Crippen molar-refractivity contribution in [3.05, 3.63) is 29.3 Å². The first kappa shape index (κ1) is 17.5. The minimum Gasteiger partial charge on any atom is -0.493 e. The van der Waals surface area contributed by atoms with Crippen LogP contribution >= 0.6 is 0 Å². The summed E-state index contributed by atoms with van der Waals surface area (Å²) in [6.07, 6.45) is 1.01. The Morgan fingerprint density at radius 2 is 2.00 bits per heavy atom. The van der Waals surface area contributed by atoms with Crippen molar-refractivity contribution < 1.29 is 14.6 Å². The molecule has 1 aromatic carbocycles. The van der Waals surface area contributed by atoms with Crippen LogP contribution in [0, 0.1) is 19.3 Å². The lowest BCUT2D eigenvalue weighted by Crippen LogP contribution is -2.35. The molecule has 4 nitrogen and oxygen atoms in total. The third-order valence-electron chi connectivity index (χ3n) is 3.63. The average molecular weight is 293 g/mol. The van der Waals surface area contributed by atoms with Crippen molar-refractivity contribution in [1.29, 1.82) is 0 Å². The van der Waals surface area contributed by atoms with Gasteiger partial charge in [-0.1, -0.05) is 19.9 Å². The van der Waals surface area contributed by atoms with Crippen molar-refractivity contribution in [2.24, 2.45) is 5.41 Å². The number of hydrogen-bond donors (Lipinski definition) is 2. The maximum atomic E-state index is 11.8. The van der Waals surface area contributed by atoms with Gasteiger partial charge in [0, 0.05) is 13.2 Å². The molecule has 118 valence electrons. The monoisotopic (exact) mass is 293 g/mol. The van der Waals surface area contributed by atoms with Gasteiger partial charge in [-0.05, 0) is 48.9 Å². The first-order valence-electron chi connectivity index (χ1n) is 7.42. The fourth-order valence-corrected chi connectivity index (χ4v) is 1.88. The van der Waals surface area contributed by atoms with Crippen molar-refractivity contribution in [2.75, 3.05) is 19.8 Å². The molecular formula is C17H27NO3. The molecule has 0 saturated carbocycles. The Bertz CT molecular complexity index is 469. The molecule has 2 N–H and O–H groups in total. The lowest BCUT2D eigenvalue weighted by molar-refractivity contribution is -0.122. The van der Waals surface area contributed by atoms with Crippen LogP contribution in [0.3, 0.4) is 0 Å². The van der Waals surface area contributed by atoms with Gasteiger partial charge in [0.2, 0.25) is 5.91 Å². The molecule has 4 heteroatoms. The Balaban J connectivity index is 2.29. The number of carbonyl (C=O) groups excluding carboxylic acids is 1. The number of rotatable bonds is 8. The summed E-state index contributed by atoms with van der Waals surface area (Å²) < 4.78 is 5.59. The van der Waals surface area contributed by atoms with Gasteiger partial charge in [0.15, 0.2) is 0 Å². The lowest BCUT2D eigenvalue weighted by atomic mass is 9.90. The van der Waals surface area contributed by atoms with Gasteiger partial charge >= 0.3 is 0 Å². The van der Waals surface area contributed by atoms with Gasteiger partial charge in [-0.15, -0.1) is 0 Å². The second-order valence-corrected chi connectivity index (χ2v) is 6.26. The number of aryl methyl sites for hydroxylation is 2. The van der Waals surface area contributed by atoms with E-state index < -0.39 is 0 Å². The van der Waals surface area contributed by atoms with Gasteiger partial charge in [0.25, 0.3) is 0 Å². The van der Waals surface area contributed by atoms with Crippen LogP contribution in [0.5, 0.6) is 5.75 Å². The fraction of sp³-hybridized carbons (Fsp3) is 0.588. The van der Waals surface area contributed by atoms with Crippen molar-refractivity contribution >= 4 is 5.91 Å². The molecule has 0 radical (unpaired) electrons. The quantitative estimate of drug-likeness (QED) is 0.774. The maximum absolute atomic E-state index is 11.8. The predicted octanol–water partition coefficient (Wildman–Crippen LogP) is 2.60. The first-order valence-corrected chi connectivity index (χ1v) is 7.42. The highest BCUT2D eigenvalue weighted by Gasteiger charge is 2.17. The number of ether oxygens (including phenoxy) is 1. The van der Waals surface area contributed by atoms with Crippen LogP contribution < -0.4 is 10.1 Å². The van der Waals surface area contributed by atoms with E-state index in [4.69, 9.17) is 9.84 Å². The molecule has 0 aliphatic carbocycles. The van der Waals surface area contributed by atoms with E-state index in [0.717, 1.165) is 5.75 Å². The summed E-state index contributed by atoms with van der Waals surface area (Å²) in [7, 11) is 0. The zero-order valence-corrected chi connectivity index (χ0v) is 13.5. The molecule has 1 amide bonds. The van der Waals surface area contributed by atoms with Crippen LogP contribution in [-0.4, -0.2) is 30.8 Å². The fourth-order valence-electron chi connectivity index (χ4n) is 1.88. The van der Waals surface area contributed by atoms with Crippen molar-refractivity contribution in [2.45, 2.75) is 40.5 Å². The average Bonchev–Trinajstić information content (AvgIpc) is 2.41. The van der Waals surface area contributed by atoms with E-state index in [1.165, 1.54) is 11.1 Å². The Morgan fingerprint density at radius 1 is 1.29 bits per heavy atom. The Labute approximate surface area is 127 Å². The summed E-state index contributed by atoms with van der Waals surface area (Å²) in [5.41, 5.74) is 2.33. The summed E-state index contributed by atoms with van der Waals surface area (Å²) in [5.74, 6) is 0.774. The topological polar surface area (TPSA) is 58.6 Å². The van der Waals surface area contributed by atoms with Crippen molar-refractivity contribution in [1.82, 2.24) is 5.32 Å². The standard InChI is InChI=1S/C17H27NO3/c1-13-5-6-15(11-14(13)2)21-10-7-16(20)18-12-17(3,4)8-9-19/h5-6,11,19H,7-10,12H2,1-4H3,(H,18,20). The van der Waals surface area contributed by atoms with E-state index in [-0.39, 0.29) is 17.9 Å². The number of nitrogens with one attached hydrogen (secondary N) is 1. The van der Waals surface area contributed by atoms with Crippen LogP contribution in [0.4, 0.5) is 0 Å². The second-order valence-electron chi connectivity index (χ2n) is 6.26. The summed E-state index contributed by atoms with van der Waals surface area (Å²) in [6, 6.07) is 5.92. The van der Waals surface area contributed by atoms with Gasteiger partial charge in [-0.3, -0.25) is 4.79 Å². The molecule has 0 aromatic heterocycles. The van der Waals surface area contributed by atoms with Crippen LogP contribution in [0.15, 0.2) is 18.2 Å². The van der Waals surface area contributed by atoms with Crippen LogP contribution in [0.1, 0.15) is 37.8 Å². The SMILES string of the molecule is Cc1ccc(OCCC(=O)NCC(C)(C)CCO)cc1C. The largest absolute Gasteiger partial charge is 0.493 e. The highest BCUT2D eigenvalue weighted by molar-refractivity contribution is 5.76. The van der Waals surface area contributed by atoms with Gasteiger partial charge < -0.3 is 15.2 Å². The number of carbonyl (C=O) groups is 1. The smallest absolute Gasteiger partial charge is 0.223 e. The number of amides is 1. The number of benzene rings is 1. The summed E-state index contributed by atoms with van der Waals surface area (Å²) in [5, 5.41) is 11.8. The minimum absolute atomic E-state index is 0.0233. The molecule has 0 aliphatic heterocycles. The third kappa shape index (κ3) is 6.63. The molecule has 1 aromatic rings. The van der Waals surface area contributed by atoms with Gasteiger partial charge in [0.05, 0.1) is 13.0 Å². The molecule has 0 bridgehead atoms. The normalized spacial score (nSPS) is 11.3. The Kier molecular flexibility index (Phi) is 6.69. The highest BCUT2D eigenvalue weighted by atomic mass is 16.5. The van der Waals surface area contributed by atoms with Crippen molar-refractivity contribution in [3.8, 4) is 5.75 Å². The van der Waals surface area contributed by atoms with E-state index in [2.05, 4.69) is 12.2 Å². The van der Waals surface area contributed by atoms with E-state index in [0.29, 0.717) is 26.0 Å². The zero-order chi connectivity index (χ0) is 15.9. The summed E-state index contributed by atoms with van der Waals surface area (Å²) in [4.78, 5) is 11.8. The van der Waals surface area contributed by atoms with E-state index in [1.807, 2.05) is 39.0 Å². The molecule has 21 heavy (non-hydrogen) atoms. The van der Waals surface area contributed by atoms with E-state index >= 15 is 0 Å². The van der Waals surface area contributed by atoms with Gasteiger partial charge in [-0.2, -0.15) is 0 Å². The second kappa shape index (κ2) is 8.03. The molecule has 0 unspecified atom stereocenters. The lowest BCUT2D eigenvalue weighted by Gasteiger charge is -2.23. The number of hydrogen-bond acceptors (Lipinski definition) is 3. The molecule has 0 heterocycles. The van der Waals surface area contributed by atoms with Crippen molar-refractivity contribution in [3.63, 3.8) is 0 Å². The summed E-state index contributed by atoms with van der Waals surface area (Å²) in [6.45, 7) is 9.21. The number of aliphatic hydroxyl groups is 1. The predicted molar refractivity (Wildman–Crippen MR) is 84.5 cm³/mol. The Morgan fingerprint density at radius 3 is 2.62 bits per heavy atom. The highest BCUT2D eigenvalue weighted by Crippen LogP contribution is 2.18.